The molecule has 1 aliphatic heterocycles. The second-order valence-corrected chi connectivity index (χ2v) is 6.30. The summed E-state index contributed by atoms with van der Waals surface area (Å²) in [6, 6.07) is 5.68. The first-order valence-electron chi connectivity index (χ1n) is 8.11. The van der Waals surface area contributed by atoms with Gasteiger partial charge in [-0.25, -0.2) is 0 Å². The van der Waals surface area contributed by atoms with E-state index in [9.17, 15) is 14.4 Å². The minimum Gasteiger partial charge on any atom is -0.467 e. The van der Waals surface area contributed by atoms with Crippen molar-refractivity contribution in [2.45, 2.75) is 12.5 Å². The first-order chi connectivity index (χ1) is 12.0. The number of hydrogen-bond acceptors (Lipinski definition) is 6. The largest absolute Gasteiger partial charge is 0.467 e. The smallest absolute Gasteiger partial charge is 0.291 e. The van der Waals surface area contributed by atoms with Gasteiger partial charge in [-0.15, -0.1) is 0 Å². The molecule has 0 N–H and O–H groups in total. The van der Waals surface area contributed by atoms with Crippen LogP contribution in [0.4, 0.5) is 0 Å². The van der Waals surface area contributed by atoms with E-state index in [2.05, 4.69) is 0 Å². The Kier molecular flexibility index (Phi) is 4.85. The lowest BCUT2D eigenvalue weighted by atomic mass is 9.91. The van der Waals surface area contributed by atoms with Gasteiger partial charge in [0.1, 0.15) is 17.7 Å². The zero-order valence-electron chi connectivity index (χ0n) is 14.2. The Balaban J connectivity index is 1.91. The molecule has 1 saturated heterocycles. The lowest BCUT2D eigenvalue weighted by Gasteiger charge is -2.25. The summed E-state index contributed by atoms with van der Waals surface area (Å²) >= 11 is 0. The Morgan fingerprint density at radius 1 is 1.16 bits per heavy atom. The van der Waals surface area contributed by atoms with Gasteiger partial charge in [0.25, 0.3) is 5.91 Å². The molecule has 0 spiro atoms. The zero-order valence-corrected chi connectivity index (χ0v) is 14.2. The minimum absolute atomic E-state index is 0.0675. The summed E-state index contributed by atoms with van der Waals surface area (Å²) in [5.74, 6) is -2.52. The fourth-order valence-corrected chi connectivity index (χ4v) is 3.13. The van der Waals surface area contributed by atoms with E-state index in [4.69, 9.17) is 8.83 Å². The van der Waals surface area contributed by atoms with Crippen LogP contribution in [0.3, 0.4) is 0 Å². The van der Waals surface area contributed by atoms with Crippen molar-refractivity contribution in [3.63, 3.8) is 0 Å². The average Bonchev–Trinajstić information content (AvgIpc) is 3.31. The molecule has 1 fully saturated rings. The molecule has 2 unspecified atom stereocenters. The second-order valence-electron chi connectivity index (χ2n) is 6.30. The van der Waals surface area contributed by atoms with Gasteiger partial charge in [-0.1, -0.05) is 0 Å². The second kappa shape index (κ2) is 7.06. The maximum absolute atomic E-state index is 12.8. The molecular weight excluding hydrogens is 324 g/mol. The van der Waals surface area contributed by atoms with Gasteiger partial charge >= 0.3 is 0 Å². The molecule has 0 aliphatic carbocycles. The highest BCUT2D eigenvalue weighted by atomic mass is 16.3. The number of carbonyl (C=O) groups is 3. The van der Waals surface area contributed by atoms with Gasteiger partial charge in [0.05, 0.1) is 12.5 Å². The van der Waals surface area contributed by atoms with Crippen LogP contribution < -0.4 is 0 Å². The zero-order chi connectivity index (χ0) is 18.0. The summed E-state index contributed by atoms with van der Waals surface area (Å²) in [7, 11) is 3.87. The first kappa shape index (κ1) is 17.2. The van der Waals surface area contributed by atoms with Crippen LogP contribution in [0.15, 0.2) is 45.6 Å². The third-order valence-electron chi connectivity index (χ3n) is 4.29. The number of ketones is 2. The molecule has 2 aromatic heterocycles. The van der Waals surface area contributed by atoms with E-state index >= 15 is 0 Å². The molecule has 1 aliphatic rings. The van der Waals surface area contributed by atoms with Crippen LogP contribution >= 0.6 is 0 Å². The van der Waals surface area contributed by atoms with Gasteiger partial charge in [-0.3, -0.25) is 14.4 Å². The Hall–Kier alpha value is -2.67. The number of amides is 1. The van der Waals surface area contributed by atoms with Gasteiger partial charge in [0.15, 0.2) is 5.76 Å². The van der Waals surface area contributed by atoms with Crippen molar-refractivity contribution in [2.24, 2.45) is 5.92 Å². The molecule has 0 saturated carbocycles. The van der Waals surface area contributed by atoms with Crippen LogP contribution in [0.2, 0.25) is 0 Å². The molecule has 25 heavy (non-hydrogen) atoms. The van der Waals surface area contributed by atoms with Crippen molar-refractivity contribution in [3.05, 3.63) is 48.3 Å². The number of furan rings is 2. The van der Waals surface area contributed by atoms with Crippen molar-refractivity contribution < 1.29 is 23.2 Å². The third-order valence-corrected chi connectivity index (χ3v) is 4.29. The van der Waals surface area contributed by atoms with Gasteiger partial charge < -0.3 is 18.6 Å². The van der Waals surface area contributed by atoms with E-state index in [0.29, 0.717) is 18.7 Å². The topological polar surface area (TPSA) is 84.0 Å². The van der Waals surface area contributed by atoms with E-state index in [0.717, 1.165) is 6.54 Å². The maximum Gasteiger partial charge on any atom is 0.291 e. The number of hydrogen-bond donors (Lipinski definition) is 0. The fourth-order valence-electron chi connectivity index (χ4n) is 3.13. The summed E-state index contributed by atoms with van der Waals surface area (Å²) in [6.45, 7) is 1.13. The standard InChI is InChI=1S/C18H20N2O5/c1-19(2)8-5-9-20-15(12-6-3-10-24-12)14(17(22)18(20)23)16(21)13-7-4-11-25-13/h3-4,6-7,10-11,14-15H,5,8-9H2,1-2H3. The number of carbonyl (C=O) groups excluding carboxylic acids is 3. The number of likely N-dealkylation sites (tertiary alicyclic amines) is 1. The molecule has 0 bridgehead atoms. The molecule has 2 aromatic rings. The highest BCUT2D eigenvalue weighted by Gasteiger charge is 2.53. The average molecular weight is 344 g/mol. The Labute approximate surface area is 145 Å². The Morgan fingerprint density at radius 2 is 1.88 bits per heavy atom. The predicted octanol–water partition coefficient (Wildman–Crippen LogP) is 1.78. The van der Waals surface area contributed by atoms with Crippen molar-refractivity contribution in [1.82, 2.24) is 9.80 Å². The molecule has 7 heteroatoms. The van der Waals surface area contributed by atoms with Crippen LogP contribution in [0.5, 0.6) is 0 Å². The van der Waals surface area contributed by atoms with Crippen LogP contribution in [0.1, 0.15) is 28.8 Å². The van der Waals surface area contributed by atoms with Crippen molar-refractivity contribution in [2.75, 3.05) is 27.2 Å². The van der Waals surface area contributed by atoms with Crippen LogP contribution in [-0.2, 0) is 9.59 Å². The minimum atomic E-state index is -1.15. The van der Waals surface area contributed by atoms with Crippen molar-refractivity contribution in [3.8, 4) is 0 Å². The molecule has 1 amide bonds. The lowest BCUT2D eigenvalue weighted by Crippen LogP contribution is -2.32. The molecule has 132 valence electrons. The summed E-state index contributed by atoms with van der Waals surface area (Å²) < 4.78 is 10.6. The van der Waals surface area contributed by atoms with Gasteiger partial charge in [0, 0.05) is 6.54 Å². The van der Waals surface area contributed by atoms with Gasteiger partial charge in [-0.2, -0.15) is 0 Å². The maximum atomic E-state index is 12.8. The third kappa shape index (κ3) is 3.28. The highest BCUT2D eigenvalue weighted by Crippen LogP contribution is 2.38. The van der Waals surface area contributed by atoms with Crippen molar-refractivity contribution in [1.29, 1.82) is 0 Å². The quantitative estimate of drug-likeness (QED) is 0.432. The molecule has 7 nitrogen and oxygen atoms in total. The lowest BCUT2D eigenvalue weighted by molar-refractivity contribution is -0.140. The SMILES string of the molecule is CN(C)CCCN1C(=O)C(=O)C(C(=O)c2ccco2)C1c1ccco1. The van der Waals surface area contributed by atoms with E-state index in [1.807, 2.05) is 19.0 Å². The van der Waals surface area contributed by atoms with Gasteiger partial charge in [0.2, 0.25) is 11.6 Å². The highest BCUT2D eigenvalue weighted by molar-refractivity contribution is 6.43. The fraction of sp³-hybridized carbons (Fsp3) is 0.389. The first-order valence-corrected chi connectivity index (χ1v) is 8.11. The van der Waals surface area contributed by atoms with Crippen LogP contribution in [0.25, 0.3) is 0 Å². The Morgan fingerprint density at radius 3 is 2.48 bits per heavy atom. The van der Waals surface area contributed by atoms with E-state index in [1.54, 1.807) is 18.2 Å². The monoisotopic (exact) mass is 344 g/mol. The molecular formula is C18H20N2O5. The predicted molar refractivity (Wildman–Crippen MR) is 87.9 cm³/mol. The molecule has 0 aromatic carbocycles. The number of nitrogens with zero attached hydrogens (tertiary/aromatic N) is 2. The molecule has 3 rings (SSSR count). The van der Waals surface area contributed by atoms with E-state index in [-0.39, 0.29) is 5.76 Å². The van der Waals surface area contributed by atoms with Gasteiger partial charge in [-0.05, 0) is 51.3 Å². The summed E-state index contributed by atoms with van der Waals surface area (Å²) in [6.07, 6.45) is 3.52. The van der Waals surface area contributed by atoms with E-state index < -0.39 is 29.4 Å². The Bertz CT molecular complexity index is 749. The summed E-state index contributed by atoms with van der Waals surface area (Å²) in [4.78, 5) is 41.2. The van der Waals surface area contributed by atoms with Crippen molar-refractivity contribution >= 4 is 17.5 Å². The summed E-state index contributed by atoms with van der Waals surface area (Å²) in [5.41, 5.74) is 0. The molecule has 2 atom stereocenters. The number of rotatable bonds is 7. The molecule has 3 heterocycles. The van der Waals surface area contributed by atoms with Crippen LogP contribution in [-0.4, -0.2) is 54.5 Å². The van der Waals surface area contributed by atoms with E-state index in [1.165, 1.54) is 23.5 Å². The normalized spacial score (nSPS) is 20.7. The van der Waals surface area contributed by atoms with Crippen LogP contribution in [0, 0.1) is 5.92 Å². The number of Topliss-reactive ketones (excluding diaryl/α,β-unsaturated/α-hetero) is 2. The summed E-state index contributed by atoms with van der Waals surface area (Å²) in [5, 5.41) is 0. The molecule has 0 radical (unpaired) electrons.